The fraction of sp³-hybridized carbons (Fsp3) is 0.423. The Kier molecular flexibility index (Phi) is 7.86. The van der Waals surface area contributed by atoms with Gasteiger partial charge >= 0.3 is 0 Å². The second-order valence-corrected chi connectivity index (χ2v) is 10.1. The molecule has 0 aromatic heterocycles. The molecule has 0 bridgehead atoms. The normalized spacial score (nSPS) is 23.9. The first-order valence-electron chi connectivity index (χ1n) is 11.2. The van der Waals surface area contributed by atoms with E-state index in [1.54, 1.807) is 25.1 Å². The summed E-state index contributed by atoms with van der Waals surface area (Å²) in [5.41, 5.74) is 6.47. The molecular formula is C26H30Cl2N2O3. The highest BCUT2D eigenvalue weighted by molar-refractivity contribution is 6.30. The highest BCUT2D eigenvalue weighted by atomic mass is 35.5. The molecule has 2 aromatic rings. The highest BCUT2D eigenvalue weighted by Gasteiger charge is 2.52. The number of halogens is 2. The lowest BCUT2D eigenvalue weighted by Crippen LogP contribution is -2.56. The van der Waals surface area contributed by atoms with Gasteiger partial charge in [0.15, 0.2) is 0 Å². The van der Waals surface area contributed by atoms with E-state index in [0.717, 1.165) is 11.1 Å². The summed E-state index contributed by atoms with van der Waals surface area (Å²) in [6.45, 7) is 5.29. The average Bonchev–Trinajstić information content (AvgIpc) is 2.74. The summed E-state index contributed by atoms with van der Waals surface area (Å²) in [7, 11) is 0. The number of amides is 2. The van der Waals surface area contributed by atoms with E-state index < -0.39 is 11.3 Å². The number of carbonyl (C=O) groups is 3. The number of piperidine rings is 1. The van der Waals surface area contributed by atoms with Gasteiger partial charge in [0.25, 0.3) is 0 Å². The van der Waals surface area contributed by atoms with Crippen LogP contribution >= 0.6 is 23.2 Å². The summed E-state index contributed by atoms with van der Waals surface area (Å²) in [5, 5.41) is 1.19. The van der Waals surface area contributed by atoms with E-state index in [4.69, 9.17) is 28.9 Å². The van der Waals surface area contributed by atoms with Crippen LogP contribution in [-0.2, 0) is 14.4 Å². The molecule has 2 amide bonds. The molecule has 1 fully saturated rings. The maximum Gasteiger partial charge on any atom is 0.229 e. The zero-order valence-electron chi connectivity index (χ0n) is 19.2. The van der Waals surface area contributed by atoms with Crippen LogP contribution in [0.25, 0.3) is 0 Å². The third kappa shape index (κ3) is 5.59. The van der Waals surface area contributed by atoms with Gasteiger partial charge in [-0.05, 0) is 55.2 Å². The Bertz CT molecular complexity index is 1040. The fourth-order valence-corrected chi connectivity index (χ4v) is 5.43. The van der Waals surface area contributed by atoms with E-state index in [2.05, 4.69) is 0 Å². The predicted molar refractivity (Wildman–Crippen MR) is 131 cm³/mol. The van der Waals surface area contributed by atoms with E-state index in [9.17, 15) is 14.4 Å². The van der Waals surface area contributed by atoms with Crippen molar-refractivity contribution in [2.75, 3.05) is 0 Å². The Balaban J connectivity index is 2.24. The molecule has 2 unspecified atom stereocenters. The van der Waals surface area contributed by atoms with Crippen molar-refractivity contribution in [1.29, 1.82) is 0 Å². The zero-order chi connectivity index (χ0) is 24.3. The lowest BCUT2D eigenvalue weighted by atomic mass is 9.66. The zero-order valence-corrected chi connectivity index (χ0v) is 20.7. The fourth-order valence-electron chi connectivity index (χ4n) is 5.10. The summed E-state index contributed by atoms with van der Waals surface area (Å²) < 4.78 is 0. The van der Waals surface area contributed by atoms with Crippen LogP contribution in [0, 0.1) is 5.41 Å². The molecule has 176 valence electrons. The van der Waals surface area contributed by atoms with Gasteiger partial charge in [0, 0.05) is 34.8 Å². The van der Waals surface area contributed by atoms with Gasteiger partial charge in [-0.1, -0.05) is 61.3 Å². The Morgan fingerprint density at radius 2 is 1.79 bits per heavy atom. The van der Waals surface area contributed by atoms with Crippen molar-refractivity contribution >= 4 is 40.8 Å². The molecule has 4 atom stereocenters. The minimum absolute atomic E-state index is 0.00555. The molecule has 7 heteroatoms. The molecular weight excluding hydrogens is 459 g/mol. The van der Waals surface area contributed by atoms with E-state index in [1.165, 1.54) is 6.92 Å². The van der Waals surface area contributed by atoms with Gasteiger partial charge < -0.3 is 10.6 Å². The van der Waals surface area contributed by atoms with Gasteiger partial charge in [-0.25, -0.2) is 0 Å². The molecule has 33 heavy (non-hydrogen) atoms. The Labute approximate surface area is 205 Å². The number of Topliss-reactive ketones (excluding diaryl/α,β-unsaturated/α-hetero) is 1. The Morgan fingerprint density at radius 1 is 1.12 bits per heavy atom. The number of primary amides is 1. The molecule has 2 aromatic carbocycles. The predicted octanol–water partition coefficient (Wildman–Crippen LogP) is 5.69. The summed E-state index contributed by atoms with van der Waals surface area (Å²) in [6, 6.07) is 14.4. The number of carbonyl (C=O) groups excluding carboxylic acids is 3. The van der Waals surface area contributed by atoms with Crippen LogP contribution in [0.2, 0.25) is 10.0 Å². The first-order chi connectivity index (χ1) is 15.6. The average molecular weight is 489 g/mol. The lowest BCUT2D eigenvalue weighted by Gasteiger charge is -2.52. The lowest BCUT2D eigenvalue weighted by molar-refractivity contribution is -0.157. The molecule has 1 heterocycles. The molecule has 0 spiro atoms. The first-order valence-corrected chi connectivity index (χ1v) is 11.9. The number of nitrogens with zero attached hydrogens (tertiary/aromatic N) is 1. The quantitative estimate of drug-likeness (QED) is 0.517. The first kappa shape index (κ1) is 25.3. The highest BCUT2D eigenvalue weighted by Crippen LogP contribution is 2.52. The maximum absolute atomic E-state index is 14.0. The van der Waals surface area contributed by atoms with Crippen LogP contribution in [0.4, 0.5) is 0 Å². The number of benzene rings is 2. The molecule has 1 aliphatic heterocycles. The van der Waals surface area contributed by atoms with Crippen LogP contribution < -0.4 is 5.73 Å². The van der Waals surface area contributed by atoms with Crippen LogP contribution in [0.5, 0.6) is 0 Å². The van der Waals surface area contributed by atoms with Crippen molar-refractivity contribution in [3.63, 3.8) is 0 Å². The maximum atomic E-state index is 14.0. The summed E-state index contributed by atoms with van der Waals surface area (Å²) >= 11 is 12.5. The Hall–Kier alpha value is -2.37. The molecule has 5 nitrogen and oxygen atoms in total. The minimum atomic E-state index is -0.994. The van der Waals surface area contributed by atoms with Crippen molar-refractivity contribution in [1.82, 2.24) is 4.90 Å². The van der Waals surface area contributed by atoms with E-state index in [0.29, 0.717) is 22.9 Å². The monoisotopic (exact) mass is 488 g/mol. The number of ketones is 1. The molecule has 1 saturated heterocycles. The van der Waals surface area contributed by atoms with Crippen molar-refractivity contribution in [3.05, 3.63) is 69.7 Å². The molecule has 3 rings (SSSR count). The largest absolute Gasteiger partial charge is 0.370 e. The molecule has 2 N–H and O–H groups in total. The molecule has 0 radical (unpaired) electrons. The molecule has 0 saturated carbocycles. The minimum Gasteiger partial charge on any atom is -0.370 e. The van der Waals surface area contributed by atoms with Crippen LogP contribution in [0.3, 0.4) is 0 Å². The van der Waals surface area contributed by atoms with Crippen molar-refractivity contribution in [3.8, 4) is 0 Å². The molecule has 0 aliphatic carbocycles. The smallest absolute Gasteiger partial charge is 0.229 e. The van der Waals surface area contributed by atoms with Crippen LogP contribution in [-0.4, -0.2) is 28.5 Å². The Morgan fingerprint density at radius 3 is 2.33 bits per heavy atom. The van der Waals surface area contributed by atoms with Gasteiger partial charge in [0.05, 0.1) is 11.5 Å². The number of hydrogen-bond donors (Lipinski definition) is 1. The van der Waals surface area contributed by atoms with Gasteiger partial charge in [-0.2, -0.15) is 0 Å². The SMILES string of the molecule is CCC(CC(C)=O)N1C(=O)[C@@](C)(CC(N)=O)C[C@H](c2cccc(Cl)c2)C1c1ccc(Cl)cc1. The summed E-state index contributed by atoms with van der Waals surface area (Å²) in [6.07, 6.45) is 1.20. The number of nitrogens with two attached hydrogens (primary N) is 1. The van der Waals surface area contributed by atoms with Crippen LogP contribution in [0.1, 0.15) is 69.5 Å². The van der Waals surface area contributed by atoms with Crippen LogP contribution in [0.15, 0.2) is 48.5 Å². The number of rotatable bonds is 8. The summed E-state index contributed by atoms with van der Waals surface area (Å²) in [5.74, 6) is -0.841. The van der Waals surface area contributed by atoms with Gasteiger partial charge in [0.2, 0.25) is 11.8 Å². The molecule has 1 aliphatic rings. The van der Waals surface area contributed by atoms with Gasteiger partial charge in [-0.15, -0.1) is 0 Å². The van der Waals surface area contributed by atoms with E-state index in [1.807, 2.05) is 42.2 Å². The topological polar surface area (TPSA) is 80.5 Å². The van der Waals surface area contributed by atoms with Gasteiger partial charge in [-0.3, -0.25) is 14.4 Å². The van der Waals surface area contributed by atoms with E-state index >= 15 is 0 Å². The number of hydrogen-bond acceptors (Lipinski definition) is 3. The van der Waals surface area contributed by atoms with E-state index in [-0.39, 0.29) is 42.5 Å². The van der Waals surface area contributed by atoms with Crippen molar-refractivity contribution in [2.45, 2.75) is 64.5 Å². The summed E-state index contributed by atoms with van der Waals surface area (Å²) in [4.78, 5) is 40.0. The van der Waals surface area contributed by atoms with Gasteiger partial charge in [0.1, 0.15) is 5.78 Å². The third-order valence-electron chi connectivity index (χ3n) is 6.54. The second-order valence-electron chi connectivity index (χ2n) is 9.25. The van der Waals surface area contributed by atoms with Crippen molar-refractivity contribution in [2.24, 2.45) is 11.1 Å². The van der Waals surface area contributed by atoms with Crippen molar-refractivity contribution < 1.29 is 14.4 Å². The number of likely N-dealkylation sites (tertiary alicyclic amines) is 1. The second kappa shape index (κ2) is 10.3. The third-order valence-corrected chi connectivity index (χ3v) is 7.03. The standard InChI is InChI=1S/C26H30Cl2N2O3/c1-4-21(12-16(2)31)30-24(17-8-10-19(27)11-9-17)22(18-6-5-7-20(28)13-18)14-26(3,25(30)33)15-23(29)32/h5-11,13,21-22,24H,4,12,14-15H2,1-3H3,(H2,29,32)/t21?,22-,24?,26-/m1/s1.